The summed E-state index contributed by atoms with van der Waals surface area (Å²) in [5.74, 6) is 0.161. The number of hydrazine groups is 1. The van der Waals surface area contributed by atoms with Crippen LogP contribution in [0.25, 0.3) is 6.08 Å². The van der Waals surface area contributed by atoms with Crippen LogP contribution in [0.15, 0.2) is 54.7 Å². The molecule has 0 saturated carbocycles. The molecule has 2 amide bonds. The number of nitrogens with two attached hydrogens (primary N) is 1. The van der Waals surface area contributed by atoms with Gasteiger partial charge in [-0.2, -0.15) is 0 Å². The van der Waals surface area contributed by atoms with E-state index in [-0.39, 0.29) is 18.0 Å². The zero-order valence-corrected chi connectivity index (χ0v) is 12.6. The number of benzene rings is 2. The highest BCUT2D eigenvalue weighted by molar-refractivity contribution is 5.71. The summed E-state index contributed by atoms with van der Waals surface area (Å²) in [5.41, 5.74) is 10.5. The maximum atomic E-state index is 11.4. The predicted molar refractivity (Wildman–Crippen MR) is 88.8 cm³/mol. The summed E-state index contributed by atoms with van der Waals surface area (Å²) in [5, 5.41) is 11.4. The molecule has 0 heterocycles. The third-order valence-electron chi connectivity index (χ3n) is 2.99. The van der Waals surface area contributed by atoms with Gasteiger partial charge in [0.05, 0.1) is 10.5 Å². The number of urea groups is 1. The number of nitrogens with zero attached hydrogens (tertiary/aromatic N) is 1. The molecule has 4 N–H and O–H groups in total. The number of amides is 2. The summed E-state index contributed by atoms with van der Waals surface area (Å²) < 4.78 is 5.58. The first kappa shape index (κ1) is 16.8. The van der Waals surface area contributed by atoms with Crippen LogP contribution in [0.4, 0.5) is 10.5 Å². The van der Waals surface area contributed by atoms with Crippen molar-refractivity contribution in [2.75, 3.05) is 0 Å². The van der Waals surface area contributed by atoms with Crippen LogP contribution in [0, 0.1) is 10.1 Å². The standard InChI is InChI=1S/C16H16N4O4/c17-16(21)19-18-10-9-13-7-4-8-14(15(13)20(22)23)24-11-12-5-2-1-3-6-12/h1-10,18H,11H2,(H3,17,19,21)/b10-9+. The maximum Gasteiger partial charge on any atom is 0.330 e. The molecule has 0 fully saturated rings. The topological polar surface area (TPSA) is 120 Å². The SMILES string of the molecule is NC(=O)NN/C=C/c1cccc(OCc2ccccc2)c1[N+](=O)[O-]. The predicted octanol–water partition coefficient (Wildman–Crippen LogP) is 2.32. The molecule has 0 saturated heterocycles. The third kappa shape index (κ3) is 4.73. The Morgan fingerprint density at radius 2 is 1.96 bits per heavy atom. The molecule has 0 aliphatic carbocycles. The summed E-state index contributed by atoms with van der Waals surface area (Å²) in [6.45, 7) is 0.219. The highest BCUT2D eigenvalue weighted by Gasteiger charge is 2.19. The lowest BCUT2D eigenvalue weighted by atomic mass is 10.1. The van der Waals surface area contributed by atoms with Gasteiger partial charge in [0.2, 0.25) is 0 Å². The Labute approximate surface area is 138 Å². The summed E-state index contributed by atoms with van der Waals surface area (Å²) in [4.78, 5) is 21.4. The lowest BCUT2D eigenvalue weighted by Crippen LogP contribution is -2.37. The average molecular weight is 328 g/mol. The number of ether oxygens (including phenoxy) is 1. The van der Waals surface area contributed by atoms with E-state index in [4.69, 9.17) is 10.5 Å². The molecule has 0 bridgehead atoms. The van der Waals surface area contributed by atoms with Gasteiger partial charge in [-0.1, -0.05) is 36.4 Å². The number of hydrogen-bond donors (Lipinski definition) is 3. The van der Waals surface area contributed by atoms with Crippen LogP contribution in [-0.2, 0) is 6.61 Å². The molecule has 2 aromatic rings. The van der Waals surface area contributed by atoms with Crippen molar-refractivity contribution < 1.29 is 14.5 Å². The zero-order valence-electron chi connectivity index (χ0n) is 12.6. The van der Waals surface area contributed by atoms with Crippen molar-refractivity contribution >= 4 is 17.8 Å². The van der Waals surface area contributed by atoms with Crippen LogP contribution in [-0.4, -0.2) is 11.0 Å². The van der Waals surface area contributed by atoms with Crippen LogP contribution in [0.5, 0.6) is 5.75 Å². The second-order valence-electron chi connectivity index (χ2n) is 4.69. The molecule has 8 heteroatoms. The van der Waals surface area contributed by atoms with Crippen molar-refractivity contribution in [3.05, 3.63) is 76.0 Å². The fraction of sp³-hybridized carbons (Fsp3) is 0.0625. The molecule has 0 spiro atoms. The number of para-hydroxylation sites is 1. The van der Waals surface area contributed by atoms with Crippen molar-refractivity contribution in [3.8, 4) is 5.75 Å². The number of nitro benzene ring substituents is 1. The highest BCUT2D eigenvalue weighted by atomic mass is 16.6. The third-order valence-corrected chi connectivity index (χ3v) is 2.99. The van der Waals surface area contributed by atoms with E-state index in [2.05, 4.69) is 10.9 Å². The highest BCUT2D eigenvalue weighted by Crippen LogP contribution is 2.32. The quantitative estimate of drug-likeness (QED) is 0.532. The van der Waals surface area contributed by atoms with E-state index in [1.165, 1.54) is 18.3 Å². The molecule has 0 radical (unpaired) electrons. The summed E-state index contributed by atoms with van der Waals surface area (Å²) in [6.07, 6.45) is 2.76. The van der Waals surface area contributed by atoms with Gasteiger partial charge in [0, 0.05) is 6.20 Å². The minimum absolute atomic E-state index is 0.161. The van der Waals surface area contributed by atoms with Gasteiger partial charge in [0.25, 0.3) is 0 Å². The van der Waals surface area contributed by atoms with Crippen molar-refractivity contribution in [2.45, 2.75) is 6.61 Å². The van der Waals surface area contributed by atoms with Gasteiger partial charge in [0.1, 0.15) is 6.61 Å². The number of carbonyl (C=O) groups excluding carboxylic acids is 1. The average Bonchev–Trinajstić information content (AvgIpc) is 2.57. The Kier molecular flexibility index (Phi) is 5.73. The van der Waals surface area contributed by atoms with E-state index in [0.29, 0.717) is 5.56 Å². The van der Waals surface area contributed by atoms with E-state index in [9.17, 15) is 14.9 Å². The Hall–Kier alpha value is -3.55. The van der Waals surface area contributed by atoms with Crippen molar-refractivity contribution in [2.24, 2.45) is 5.73 Å². The Balaban J connectivity index is 2.17. The van der Waals surface area contributed by atoms with E-state index in [1.807, 2.05) is 30.3 Å². The molecule has 0 aromatic heterocycles. The minimum Gasteiger partial charge on any atom is -0.482 e. The number of hydrogen-bond acceptors (Lipinski definition) is 5. The Morgan fingerprint density at radius 3 is 2.62 bits per heavy atom. The fourth-order valence-electron chi connectivity index (χ4n) is 1.97. The molecule has 8 nitrogen and oxygen atoms in total. The van der Waals surface area contributed by atoms with Crippen LogP contribution in [0.2, 0.25) is 0 Å². The van der Waals surface area contributed by atoms with Gasteiger partial charge in [-0.15, -0.1) is 0 Å². The molecule has 0 atom stereocenters. The molecule has 0 aliphatic rings. The first-order chi connectivity index (χ1) is 11.6. The fourth-order valence-corrected chi connectivity index (χ4v) is 1.97. The summed E-state index contributed by atoms with van der Waals surface area (Å²) >= 11 is 0. The van der Waals surface area contributed by atoms with Gasteiger partial charge in [-0.05, 0) is 23.8 Å². The van der Waals surface area contributed by atoms with E-state index in [1.54, 1.807) is 12.1 Å². The minimum atomic E-state index is -0.769. The summed E-state index contributed by atoms with van der Waals surface area (Å²) in [6, 6.07) is 13.3. The van der Waals surface area contributed by atoms with Crippen LogP contribution < -0.4 is 21.3 Å². The first-order valence-corrected chi connectivity index (χ1v) is 6.99. The Morgan fingerprint density at radius 1 is 1.21 bits per heavy atom. The molecule has 0 aliphatic heterocycles. The number of nitrogens with one attached hydrogen (secondary N) is 2. The Bertz CT molecular complexity index is 747. The molecule has 24 heavy (non-hydrogen) atoms. The van der Waals surface area contributed by atoms with E-state index in [0.717, 1.165) is 5.56 Å². The number of carbonyl (C=O) groups is 1. The molecule has 2 rings (SSSR count). The smallest absolute Gasteiger partial charge is 0.330 e. The molecular formula is C16H16N4O4. The van der Waals surface area contributed by atoms with Gasteiger partial charge in [-0.25, -0.2) is 4.79 Å². The second kappa shape index (κ2) is 8.18. The lowest BCUT2D eigenvalue weighted by molar-refractivity contribution is -0.386. The van der Waals surface area contributed by atoms with Crippen LogP contribution >= 0.6 is 0 Å². The molecular weight excluding hydrogens is 312 g/mol. The monoisotopic (exact) mass is 328 g/mol. The van der Waals surface area contributed by atoms with E-state index >= 15 is 0 Å². The number of rotatable bonds is 7. The van der Waals surface area contributed by atoms with Gasteiger partial charge in [0.15, 0.2) is 5.75 Å². The van der Waals surface area contributed by atoms with Crippen LogP contribution in [0.3, 0.4) is 0 Å². The van der Waals surface area contributed by atoms with Crippen molar-refractivity contribution in [3.63, 3.8) is 0 Å². The molecule has 2 aromatic carbocycles. The van der Waals surface area contributed by atoms with Crippen molar-refractivity contribution in [1.82, 2.24) is 10.9 Å². The number of primary amides is 1. The van der Waals surface area contributed by atoms with Gasteiger partial charge < -0.3 is 15.9 Å². The largest absolute Gasteiger partial charge is 0.482 e. The maximum absolute atomic E-state index is 11.4. The first-order valence-electron chi connectivity index (χ1n) is 6.99. The van der Waals surface area contributed by atoms with Crippen LogP contribution in [0.1, 0.15) is 11.1 Å². The molecule has 0 unspecified atom stereocenters. The van der Waals surface area contributed by atoms with Gasteiger partial charge in [-0.3, -0.25) is 15.5 Å². The molecule has 124 valence electrons. The second-order valence-corrected chi connectivity index (χ2v) is 4.69. The van der Waals surface area contributed by atoms with Gasteiger partial charge >= 0.3 is 11.7 Å². The number of nitro groups is 1. The zero-order chi connectivity index (χ0) is 17.4. The summed E-state index contributed by atoms with van der Waals surface area (Å²) in [7, 11) is 0. The lowest BCUT2D eigenvalue weighted by Gasteiger charge is -2.08. The normalized spacial score (nSPS) is 10.3. The van der Waals surface area contributed by atoms with Crippen molar-refractivity contribution in [1.29, 1.82) is 0 Å². The van der Waals surface area contributed by atoms with E-state index < -0.39 is 11.0 Å².